The summed E-state index contributed by atoms with van der Waals surface area (Å²) in [4.78, 5) is 2.43. The molecular weight excluding hydrogens is 212 g/mol. The van der Waals surface area contributed by atoms with Crippen LogP contribution in [0.25, 0.3) is 0 Å². The van der Waals surface area contributed by atoms with Crippen LogP contribution < -0.4 is 10.5 Å². The third-order valence-corrected chi connectivity index (χ3v) is 3.18. The molecule has 0 aliphatic carbocycles. The van der Waals surface area contributed by atoms with E-state index in [0.29, 0.717) is 6.04 Å². The molecule has 0 amide bonds. The van der Waals surface area contributed by atoms with Crippen LogP contribution >= 0.6 is 0 Å². The van der Waals surface area contributed by atoms with Gasteiger partial charge in [-0.05, 0) is 44.0 Å². The molecule has 1 aliphatic rings. The van der Waals surface area contributed by atoms with E-state index in [1.807, 2.05) is 19.1 Å². The molecule has 1 aliphatic heterocycles. The monoisotopic (exact) mass is 234 g/mol. The van der Waals surface area contributed by atoms with Crippen LogP contribution in [0.2, 0.25) is 0 Å². The SMILES string of the molecule is CCOc1ccc(CN2CCCC(N)C2)cc1. The summed E-state index contributed by atoms with van der Waals surface area (Å²) >= 11 is 0. The molecule has 1 atom stereocenters. The average Bonchev–Trinajstić information content (AvgIpc) is 2.32. The largest absolute Gasteiger partial charge is 0.494 e. The van der Waals surface area contributed by atoms with Gasteiger partial charge in [0.2, 0.25) is 0 Å². The summed E-state index contributed by atoms with van der Waals surface area (Å²) in [6, 6.07) is 8.73. The van der Waals surface area contributed by atoms with Crippen molar-refractivity contribution in [3.63, 3.8) is 0 Å². The lowest BCUT2D eigenvalue weighted by Crippen LogP contribution is -2.42. The lowest BCUT2D eigenvalue weighted by Gasteiger charge is -2.30. The Morgan fingerprint density at radius 1 is 1.35 bits per heavy atom. The Morgan fingerprint density at radius 3 is 2.76 bits per heavy atom. The average molecular weight is 234 g/mol. The van der Waals surface area contributed by atoms with Gasteiger partial charge in [-0.15, -0.1) is 0 Å². The molecule has 0 bridgehead atoms. The van der Waals surface area contributed by atoms with Crippen LogP contribution in [0.1, 0.15) is 25.3 Å². The Kier molecular flexibility index (Phi) is 4.40. The smallest absolute Gasteiger partial charge is 0.119 e. The Balaban J connectivity index is 1.89. The minimum Gasteiger partial charge on any atom is -0.494 e. The number of rotatable bonds is 4. The Morgan fingerprint density at radius 2 is 2.12 bits per heavy atom. The lowest BCUT2D eigenvalue weighted by atomic mass is 10.1. The van der Waals surface area contributed by atoms with E-state index in [1.54, 1.807) is 0 Å². The van der Waals surface area contributed by atoms with Crippen molar-refractivity contribution in [1.29, 1.82) is 0 Å². The zero-order valence-corrected chi connectivity index (χ0v) is 10.6. The van der Waals surface area contributed by atoms with Crippen molar-refractivity contribution in [2.24, 2.45) is 5.73 Å². The van der Waals surface area contributed by atoms with Gasteiger partial charge in [0, 0.05) is 19.1 Å². The predicted molar refractivity (Wildman–Crippen MR) is 70.1 cm³/mol. The number of hydrogen-bond donors (Lipinski definition) is 1. The summed E-state index contributed by atoms with van der Waals surface area (Å²) in [6.07, 6.45) is 2.39. The highest BCUT2D eigenvalue weighted by atomic mass is 16.5. The van der Waals surface area contributed by atoms with Crippen LogP contribution in [-0.4, -0.2) is 30.6 Å². The first-order valence-corrected chi connectivity index (χ1v) is 6.47. The van der Waals surface area contributed by atoms with Crippen molar-refractivity contribution in [1.82, 2.24) is 4.90 Å². The second-order valence-corrected chi connectivity index (χ2v) is 4.71. The first-order chi connectivity index (χ1) is 8.28. The van der Waals surface area contributed by atoms with Crippen LogP contribution in [0.4, 0.5) is 0 Å². The van der Waals surface area contributed by atoms with E-state index in [9.17, 15) is 0 Å². The van der Waals surface area contributed by atoms with E-state index in [1.165, 1.54) is 24.9 Å². The number of piperidine rings is 1. The third kappa shape index (κ3) is 3.72. The summed E-state index contributed by atoms with van der Waals surface area (Å²) in [5.41, 5.74) is 7.32. The summed E-state index contributed by atoms with van der Waals surface area (Å²) in [6.45, 7) is 5.91. The van der Waals surface area contributed by atoms with Gasteiger partial charge in [0.05, 0.1) is 6.61 Å². The Hall–Kier alpha value is -1.06. The van der Waals surface area contributed by atoms with Gasteiger partial charge in [-0.25, -0.2) is 0 Å². The Labute approximate surface area is 104 Å². The molecule has 1 aromatic rings. The molecule has 0 saturated carbocycles. The third-order valence-electron chi connectivity index (χ3n) is 3.18. The standard InChI is InChI=1S/C14H22N2O/c1-2-17-14-7-5-12(6-8-14)10-16-9-3-4-13(15)11-16/h5-8,13H,2-4,9-11,15H2,1H3. The Bertz CT molecular complexity index is 337. The highest BCUT2D eigenvalue weighted by Gasteiger charge is 2.16. The molecule has 1 aromatic carbocycles. The second kappa shape index (κ2) is 6.03. The molecular formula is C14H22N2O. The quantitative estimate of drug-likeness (QED) is 0.866. The molecule has 2 N–H and O–H groups in total. The number of ether oxygens (including phenoxy) is 1. The fourth-order valence-corrected chi connectivity index (χ4v) is 2.35. The predicted octanol–water partition coefficient (Wildman–Crippen LogP) is 2.01. The van der Waals surface area contributed by atoms with Gasteiger partial charge in [-0.1, -0.05) is 12.1 Å². The van der Waals surface area contributed by atoms with Crippen LogP contribution in [0, 0.1) is 0 Å². The summed E-state index contributed by atoms with van der Waals surface area (Å²) in [7, 11) is 0. The van der Waals surface area contributed by atoms with Crippen molar-refractivity contribution >= 4 is 0 Å². The van der Waals surface area contributed by atoms with Gasteiger partial charge < -0.3 is 10.5 Å². The normalized spacial score (nSPS) is 21.4. The fourth-order valence-electron chi connectivity index (χ4n) is 2.35. The minimum absolute atomic E-state index is 0.353. The van der Waals surface area contributed by atoms with Gasteiger partial charge in [0.15, 0.2) is 0 Å². The molecule has 94 valence electrons. The van der Waals surface area contributed by atoms with Crippen molar-refractivity contribution < 1.29 is 4.74 Å². The van der Waals surface area contributed by atoms with Gasteiger partial charge in [-0.2, -0.15) is 0 Å². The maximum absolute atomic E-state index is 5.98. The van der Waals surface area contributed by atoms with Crippen LogP contribution in [0.5, 0.6) is 5.75 Å². The molecule has 1 heterocycles. The molecule has 3 nitrogen and oxygen atoms in total. The molecule has 1 saturated heterocycles. The molecule has 0 spiro atoms. The number of likely N-dealkylation sites (tertiary alicyclic amines) is 1. The lowest BCUT2D eigenvalue weighted by molar-refractivity contribution is 0.201. The van der Waals surface area contributed by atoms with Crippen LogP contribution in [0.3, 0.4) is 0 Å². The van der Waals surface area contributed by atoms with Gasteiger partial charge in [0.25, 0.3) is 0 Å². The van der Waals surface area contributed by atoms with E-state index in [2.05, 4.69) is 17.0 Å². The minimum atomic E-state index is 0.353. The van der Waals surface area contributed by atoms with E-state index >= 15 is 0 Å². The summed E-state index contributed by atoms with van der Waals surface area (Å²) in [5, 5.41) is 0. The maximum Gasteiger partial charge on any atom is 0.119 e. The first kappa shape index (κ1) is 12.4. The number of nitrogens with two attached hydrogens (primary N) is 1. The van der Waals surface area contributed by atoms with Crippen molar-refractivity contribution in [2.75, 3.05) is 19.7 Å². The molecule has 17 heavy (non-hydrogen) atoms. The second-order valence-electron chi connectivity index (χ2n) is 4.71. The molecule has 2 rings (SSSR count). The van der Waals surface area contributed by atoms with Crippen LogP contribution in [0.15, 0.2) is 24.3 Å². The van der Waals surface area contributed by atoms with Gasteiger partial charge in [0.1, 0.15) is 5.75 Å². The van der Waals surface area contributed by atoms with Crippen LogP contribution in [-0.2, 0) is 6.54 Å². The van der Waals surface area contributed by atoms with Crippen molar-refractivity contribution in [2.45, 2.75) is 32.4 Å². The molecule has 0 aromatic heterocycles. The summed E-state index contributed by atoms with van der Waals surface area (Å²) < 4.78 is 5.43. The van der Waals surface area contributed by atoms with E-state index in [0.717, 1.165) is 25.4 Å². The zero-order valence-electron chi connectivity index (χ0n) is 10.6. The van der Waals surface area contributed by atoms with E-state index in [-0.39, 0.29) is 0 Å². The van der Waals surface area contributed by atoms with E-state index < -0.39 is 0 Å². The van der Waals surface area contributed by atoms with Crippen molar-refractivity contribution in [3.8, 4) is 5.75 Å². The van der Waals surface area contributed by atoms with Gasteiger partial charge >= 0.3 is 0 Å². The topological polar surface area (TPSA) is 38.5 Å². The number of hydrogen-bond acceptors (Lipinski definition) is 3. The van der Waals surface area contributed by atoms with Crippen molar-refractivity contribution in [3.05, 3.63) is 29.8 Å². The first-order valence-electron chi connectivity index (χ1n) is 6.47. The maximum atomic E-state index is 5.98. The fraction of sp³-hybridized carbons (Fsp3) is 0.571. The zero-order chi connectivity index (χ0) is 12.1. The molecule has 3 heteroatoms. The highest BCUT2D eigenvalue weighted by Crippen LogP contribution is 2.16. The summed E-state index contributed by atoms with van der Waals surface area (Å²) in [5.74, 6) is 0.951. The molecule has 0 radical (unpaired) electrons. The molecule has 1 fully saturated rings. The number of benzene rings is 1. The van der Waals surface area contributed by atoms with E-state index in [4.69, 9.17) is 10.5 Å². The van der Waals surface area contributed by atoms with Gasteiger partial charge in [-0.3, -0.25) is 4.90 Å². The number of nitrogens with zero attached hydrogens (tertiary/aromatic N) is 1. The molecule has 1 unspecified atom stereocenters. The highest BCUT2D eigenvalue weighted by molar-refractivity contribution is 5.27.